The molecule has 0 saturated heterocycles. The van der Waals surface area contributed by atoms with Gasteiger partial charge in [-0.1, -0.05) is 32.8 Å². The molecule has 0 bridgehead atoms. The highest BCUT2D eigenvalue weighted by Gasteiger charge is 2.59. The molecule has 1 unspecified atom stereocenters. The van der Waals surface area contributed by atoms with Crippen LogP contribution < -0.4 is 0 Å². The number of carbonyl (C=O) groups is 1. The van der Waals surface area contributed by atoms with Crippen molar-refractivity contribution in [3.05, 3.63) is 11.6 Å². The number of hydrogen-bond donors (Lipinski definition) is 0. The number of hydrogen-bond acceptors (Lipinski definition) is 1. The molecule has 4 aliphatic rings. The van der Waals surface area contributed by atoms with E-state index in [4.69, 9.17) is 0 Å². The lowest BCUT2D eigenvalue weighted by molar-refractivity contribution is -0.118. The first-order valence-corrected chi connectivity index (χ1v) is 12.1. The van der Waals surface area contributed by atoms with Crippen molar-refractivity contribution >= 4 is 5.78 Å². The van der Waals surface area contributed by atoms with Crippen molar-refractivity contribution in [1.29, 1.82) is 0 Å². The SMILES string of the molecule is C/C=C(\C)C(=O)CC[C@H]1CC[C@H]2[C@@H]3CCC4CCCC[C@]4(C)[C@H]3CC[C@]12C. The van der Waals surface area contributed by atoms with Crippen LogP contribution in [0.4, 0.5) is 0 Å². The van der Waals surface area contributed by atoms with Crippen molar-refractivity contribution in [2.45, 2.75) is 105 Å². The second-order valence-corrected chi connectivity index (χ2v) is 11.2. The zero-order valence-corrected chi connectivity index (χ0v) is 18.4. The van der Waals surface area contributed by atoms with Gasteiger partial charge in [-0.3, -0.25) is 4.79 Å². The summed E-state index contributed by atoms with van der Waals surface area (Å²) in [7, 11) is 0. The van der Waals surface area contributed by atoms with Gasteiger partial charge in [-0.25, -0.2) is 0 Å². The van der Waals surface area contributed by atoms with Crippen molar-refractivity contribution < 1.29 is 4.79 Å². The Morgan fingerprint density at radius 1 is 0.926 bits per heavy atom. The minimum absolute atomic E-state index is 0.383. The van der Waals surface area contributed by atoms with Crippen LogP contribution in [0.5, 0.6) is 0 Å². The molecule has 0 heterocycles. The molecule has 0 N–H and O–H groups in total. The van der Waals surface area contributed by atoms with Crippen LogP contribution in [-0.2, 0) is 4.79 Å². The average Bonchev–Trinajstić information content (AvgIpc) is 3.01. The van der Waals surface area contributed by atoms with E-state index in [2.05, 4.69) is 13.8 Å². The summed E-state index contributed by atoms with van der Waals surface area (Å²) in [5.74, 6) is 5.12. The highest BCUT2D eigenvalue weighted by atomic mass is 16.1. The quantitative estimate of drug-likeness (QED) is 0.473. The molecule has 0 aromatic rings. The first-order valence-electron chi connectivity index (χ1n) is 12.1. The topological polar surface area (TPSA) is 17.1 Å². The summed E-state index contributed by atoms with van der Waals surface area (Å²) in [6.07, 6.45) is 18.6. The number of carbonyl (C=O) groups excluding carboxylic acids is 1. The number of allylic oxidation sites excluding steroid dienone is 2. The Balaban J connectivity index is 1.47. The van der Waals surface area contributed by atoms with E-state index < -0.39 is 0 Å². The van der Waals surface area contributed by atoms with Crippen LogP contribution in [0.3, 0.4) is 0 Å². The van der Waals surface area contributed by atoms with Crippen LogP contribution in [0.2, 0.25) is 0 Å². The minimum Gasteiger partial charge on any atom is -0.295 e. The van der Waals surface area contributed by atoms with Gasteiger partial charge in [0, 0.05) is 6.42 Å². The molecule has 7 atom stereocenters. The molecule has 0 spiro atoms. The second-order valence-electron chi connectivity index (χ2n) is 11.2. The zero-order chi connectivity index (χ0) is 19.2. The predicted octanol–water partition coefficient (Wildman–Crippen LogP) is 7.35. The van der Waals surface area contributed by atoms with Gasteiger partial charge in [-0.2, -0.15) is 0 Å². The van der Waals surface area contributed by atoms with Gasteiger partial charge < -0.3 is 0 Å². The lowest BCUT2D eigenvalue weighted by atomic mass is 9.45. The van der Waals surface area contributed by atoms with Crippen LogP contribution in [0.15, 0.2) is 11.6 Å². The lowest BCUT2D eigenvalue weighted by Gasteiger charge is -2.60. The van der Waals surface area contributed by atoms with E-state index in [9.17, 15) is 4.79 Å². The number of ketones is 1. The highest BCUT2D eigenvalue weighted by molar-refractivity contribution is 5.94. The van der Waals surface area contributed by atoms with Gasteiger partial charge in [0.05, 0.1) is 0 Å². The first-order chi connectivity index (χ1) is 12.9. The van der Waals surface area contributed by atoms with Gasteiger partial charge in [0.2, 0.25) is 0 Å². The molecule has 0 aromatic heterocycles. The summed E-state index contributed by atoms with van der Waals surface area (Å²) in [5, 5.41) is 0. The Bertz CT molecular complexity index is 603. The van der Waals surface area contributed by atoms with Crippen molar-refractivity contribution in [3.63, 3.8) is 0 Å². The van der Waals surface area contributed by atoms with E-state index in [1.165, 1.54) is 64.2 Å². The summed E-state index contributed by atoms with van der Waals surface area (Å²) >= 11 is 0. The number of Topliss-reactive ketones (excluding diaryl/α,β-unsaturated/α-hetero) is 1. The molecule has 0 aliphatic heterocycles. The molecular formula is C26H42O. The summed E-state index contributed by atoms with van der Waals surface area (Å²) in [5.41, 5.74) is 2.13. The fourth-order valence-electron chi connectivity index (χ4n) is 8.54. The van der Waals surface area contributed by atoms with Crippen LogP contribution >= 0.6 is 0 Å². The van der Waals surface area contributed by atoms with Gasteiger partial charge in [-0.05, 0) is 118 Å². The van der Waals surface area contributed by atoms with Gasteiger partial charge in [0.1, 0.15) is 0 Å². The molecule has 0 radical (unpaired) electrons. The summed E-state index contributed by atoms with van der Waals surface area (Å²) in [6.45, 7) is 9.27. The largest absolute Gasteiger partial charge is 0.295 e. The van der Waals surface area contributed by atoms with E-state index in [1.807, 2.05) is 19.9 Å². The molecule has 0 aromatic carbocycles. The Kier molecular flexibility index (Phi) is 5.36. The smallest absolute Gasteiger partial charge is 0.158 e. The Hall–Kier alpha value is -0.590. The molecule has 1 heteroatoms. The zero-order valence-electron chi connectivity index (χ0n) is 18.4. The monoisotopic (exact) mass is 370 g/mol. The first kappa shape index (κ1) is 19.7. The minimum atomic E-state index is 0.383. The third-order valence-corrected chi connectivity index (χ3v) is 10.4. The van der Waals surface area contributed by atoms with E-state index in [-0.39, 0.29) is 0 Å². The Morgan fingerprint density at radius 3 is 2.48 bits per heavy atom. The standard InChI is InChI=1S/C26H42O/c1-5-18(2)24(27)14-11-20-10-13-22-21-12-9-19-8-6-7-16-25(19,3)23(21)15-17-26(20,22)4/h5,19-23H,6-17H2,1-4H3/b18-5+/t19?,20-,21+,22+,23+,25+,26-/m1/s1. The molecule has 152 valence electrons. The Labute approximate surface area is 167 Å². The van der Waals surface area contributed by atoms with E-state index in [0.717, 1.165) is 48.0 Å². The van der Waals surface area contributed by atoms with Gasteiger partial charge in [0.25, 0.3) is 0 Å². The number of rotatable bonds is 4. The maximum Gasteiger partial charge on any atom is 0.158 e. The molecular weight excluding hydrogens is 328 g/mol. The lowest BCUT2D eigenvalue weighted by Crippen LogP contribution is -2.52. The van der Waals surface area contributed by atoms with E-state index in [0.29, 0.717) is 16.6 Å². The summed E-state index contributed by atoms with van der Waals surface area (Å²) in [4.78, 5) is 12.4. The molecule has 4 saturated carbocycles. The summed E-state index contributed by atoms with van der Waals surface area (Å²) in [6, 6.07) is 0. The van der Waals surface area contributed by atoms with Crippen LogP contribution in [0.1, 0.15) is 105 Å². The molecule has 4 rings (SSSR count). The van der Waals surface area contributed by atoms with Crippen molar-refractivity contribution in [3.8, 4) is 0 Å². The van der Waals surface area contributed by atoms with E-state index in [1.54, 1.807) is 0 Å². The molecule has 1 nitrogen and oxygen atoms in total. The van der Waals surface area contributed by atoms with Gasteiger partial charge in [0.15, 0.2) is 5.78 Å². The van der Waals surface area contributed by atoms with Crippen LogP contribution in [-0.4, -0.2) is 5.78 Å². The van der Waals surface area contributed by atoms with Gasteiger partial charge in [-0.15, -0.1) is 0 Å². The fourth-order valence-corrected chi connectivity index (χ4v) is 8.54. The average molecular weight is 371 g/mol. The second kappa shape index (κ2) is 7.34. The molecule has 0 amide bonds. The predicted molar refractivity (Wildman–Crippen MR) is 114 cm³/mol. The Morgan fingerprint density at radius 2 is 1.70 bits per heavy atom. The maximum atomic E-state index is 12.4. The van der Waals surface area contributed by atoms with Crippen molar-refractivity contribution in [2.24, 2.45) is 40.4 Å². The maximum absolute atomic E-state index is 12.4. The van der Waals surface area contributed by atoms with Crippen molar-refractivity contribution in [2.75, 3.05) is 0 Å². The van der Waals surface area contributed by atoms with E-state index >= 15 is 0 Å². The van der Waals surface area contributed by atoms with Gasteiger partial charge >= 0.3 is 0 Å². The third kappa shape index (κ3) is 3.16. The molecule has 4 fully saturated rings. The fraction of sp³-hybridized carbons (Fsp3) is 0.885. The van der Waals surface area contributed by atoms with Crippen LogP contribution in [0.25, 0.3) is 0 Å². The summed E-state index contributed by atoms with van der Waals surface area (Å²) < 4.78 is 0. The normalized spacial score (nSPS) is 47.1. The highest BCUT2D eigenvalue weighted by Crippen LogP contribution is 2.67. The molecule has 27 heavy (non-hydrogen) atoms. The number of fused-ring (bicyclic) bond motifs is 5. The van der Waals surface area contributed by atoms with Crippen LogP contribution in [0, 0.1) is 40.4 Å². The van der Waals surface area contributed by atoms with Crippen molar-refractivity contribution in [1.82, 2.24) is 0 Å². The third-order valence-electron chi connectivity index (χ3n) is 10.4. The molecule has 4 aliphatic carbocycles.